The Labute approximate surface area is 129 Å². The van der Waals surface area contributed by atoms with Gasteiger partial charge in [-0.2, -0.15) is 0 Å². The van der Waals surface area contributed by atoms with E-state index in [1.54, 1.807) is 0 Å². The molecule has 2 unspecified atom stereocenters. The first kappa shape index (κ1) is 16.3. The van der Waals surface area contributed by atoms with Gasteiger partial charge in [0.25, 0.3) is 0 Å². The lowest BCUT2D eigenvalue weighted by molar-refractivity contribution is 0.152. The molecule has 118 valence electrons. The molecule has 1 fully saturated rings. The van der Waals surface area contributed by atoms with E-state index in [9.17, 15) is 0 Å². The van der Waals surface area contributed by atoms with Crippen LogP contribution in [0.15, 0.2) is 18.2 Å². The van der Waals surface area contributed by atoms with Gasteiger partial charge < -0.3 is 15.0 Å². The van der Waals surface area contributed by atoms with E-state index in [0.29, 0.717) is 12.1 Å². The van der Waals surface area contributed by atoms with Gasteiger partial charge in [-0.05, 0) is 65.4 Å². The van der Waals surface area contributed by atoms with E-state index >= 15 is 0 Å². The monoisotopic (exact) mass is 290 g/mol. The molecule has 0 aliphatic carbocycles. The predicted octanol–water partition coefficient (Wildman–Crippen LogP) is 3.53. The summed E-state index contributed by atoms with van der Waals surface area (Å²) < 4.78 is 6.13. The number of benzene rings is 1. The van der Waals surface area contributed by atoms with Gasteiger partial charge in [-0.3, -0.25) is 0 Å². The maximum absolute atomic E-state index is 6.13. The average molecular weight is 290 g/mol. The molecule has 1 aliphatic rings. The van der Waals surface area contributed by atoms with Gasteiger partial charge in [-0.1, -0.05) is 18.6 Å². The van der Waals surface area contributed by atoms with Crippen LogP contribution < -0.4 is 10.1 Å². The molecule has 3 nitrogen and oxygen atoms in total. The van der Waals surface area contributed by atoms with Crippen molar-refractivity contribution in [1.29, 1.82) is 0 Å². The average Bonchev–Trinajstić information content (AvgIpc) is 2.48. The van der Waals surface area contributed by atoms with E-state index in [1.165, 1.54) is 36.9 Å². The van der Waals surface area contributed by atoms with E-state index in [4.69, 9.17) is 4.74 Å². The van der Waals surface area contributed by atoms with Crippen LogP contribution >= 0.6 is 0 Å². The van der Waals surface area contributed by atoms with Crippen LogP contribution in [-0.2, 0) is 0 Å². The number of piperidine rings is 1. The van der Waals surface area contributed by atoms with Crippen LogP contribution in [0.3, 0.4) is 0 Å². The van der Waals surface area contributed by atoms with Gasteiger partial charge in [-0.25, -0.2) is 0 Å². The van der Waals surface area contributed by atoms with Crippen LogP contribution in [0.5, 0.6) is 5.75 Å². The van der Waals surface area contributed by atoms with Crippen LogP contribution in [0.25, 0.3) is 0 Å². The topological polar surface area (TPSA) is 24.5 Å². The summed E-state index contributed by atoms with van der Waals surface area (Å²) in [4.78, 5) is 2.49. The number of ether oxygens (including phenoxy) is 1. The Balaban J connectivity index is 1.94. The fourth-order valence-electron chi connectivity index (χ4n) is 3.09. The molecule has 0 radical (unpaired) electrons. The van der Waals surface area contributed by atoms with Crippen LogP contribution in [0.4, 0.5) is 0 Å². The largest absolute Gasteiger partial charge is 0.493 e. The third-order valence-corrected chi connectivity index (χ3v) is 4.70. The van der Waals surface area contributed by atoms with Crippen molar-refractivity contribution in [2.45, 2.75) is 51.6 Å². The molecular weight excluding hydrogens is 260 g/mol. The summed E-state index contributed by atoms with van der Waals surface area (Å²) in [6, 6.07) is 7.50. The van der Waals surface area contributed by atoms with E-state index < -0.39 is 0 Å². The second-order valence-corrected chi connectivity index (χ2v) is 6.32. The molecule has 0 saturated carbocycles. The lowest BCUT2D eigenvalue weighted by Crippen LogP contribution is -2.37. The molecule has 3 heteroatoms. The van der Waals surface area contributed by atoms with Crippen molar-refractivity contribution in [2.24, 2.45) is 0 Å². The minimum Gasteiger partial charge on any atom is -0.493 e. The predicted molar refractivity (Wildman–Crippen MR) is 89.0 cm³/mol. The number of aryl methyl sites for hydroxylation is 1. The van der Waals surface area contributed by atoms with E-state index in [0.717, 1.165) is 18.8 Å². The zero-order chi connectivity index (χ0) is 15.2. The molecule has 1 N–H and O–H groups in total. The highest BCUT2D eigenvalue weighted by molar-refractivity contribution is 5.39. The second kappa shape index (κ2) is 7.81. The fraction of sp³-hybridized carbons (Fsp3) is 0.667. The van der Waals surface area contributed by atoms with Crippen molar-refractivity contribution in [3.8, 4) is 5.75 Å². The number of hydrogen-bond donors (Lipinski definition) is 1. The maximum Gasteiger partial charge on any atom is 0.124 e. The highest BCUT2D eigenvalue weighted by atomic mass is 16.5. The molecule has 1 aromatic carbocycles. The highest BCUT2D eigenvalue weighted by Crippen LogP contribution is 2.27. The summed E-state index contributed by atoms with van der Waals surface area (Å²) in [5.74, 6) is 1.04. The Kier molecular flexibility index (Phi) is 6.07. The summed E-state index contributed by atoms with van der Waals surface area (Å²) in [5, 5.41) is 3.30. The Morgan fingerprint density at radius 1 is 1.38 bits per heavy atom. The first-order valence-electron chi connectivity index (χ1n) is 8.22. The molecule has 0 bridgehead atoms. The zero-order valence-corrected chi connectivity index (χ0v) is 14.0. The lowest BCUT2D eigenvalue weighted by atomic mass is 10.0. The summed E-state index contributed by atoms with van der Waals surface area (Å²) in [6.45, 7) is 6.33. The highest BCUT2D eigenvalue weighted by Gasteiger charge is 2.19. The van der Waals surface area contributed by atoms with Crippen LogP contribution in [0.2, 0.25) is 0 Å². The SMILES string of the molecule is CNC(C)c1ccc(C)cc1OCCC1CCCCN1C. The van der Waals surface area contributed by atoms with Gasteiger partial charge >= 0.3 is 0 Å². The standard InChI is InChI=1S/C18H30N2O/c1-14-8-9-17(15(2)19-3)18(13-14)21-12-10-16-7-5-6-11-20(16)4/h8-9,13,15-16,19H,5-7,10-12H2,1-4H3. The molecule has 2 atom stereocenters. The molecular formula is C18H30N2O. The third-order valence-electron chi connectivity index (χ3n) is 4.70. The summed E-state index contributed by atoms with van der Waals surface area (Å²) in [5.41, 5.74) is 2.51. The number of nitrogens with one attached hydrogen (secondary N) is 1. The van der Waals surface area contributed by atoms with E-state index in [1.807, 2.05) is 7.05 Å². The van der Waals surface area contributed by atoms with E-state index in [2.05, 4.69) is 49.3 Å². The Morgan fingerprint density at radius 3 is 2.90 bits per heavy atom. The lowest BCUT2D eigenvalue weighted by Gasteiger charge is -2.32. The zero-order valence-electron chi connectivity index (χ0n) is 14.0. The van der Waals surface area contributed by atoms with Gasteiger partial charge in [0.15, 0.2) is 0 Å². The van der Waals surface area contributed by atoms with Gasteiger partial charge in [0.2, 0.25) is 0 Å². The summed E-state index contributed by atoms with van der Waals surface area (Å²) >= 11 is 0. The van der Waals surface area contributed by atoms with Crippen molar-refractivity contribution in [3.63, 3.8) is 0 Å². The minimum absolute atomic E-state index is 0.318. The maximum atomic E-state index is 6.13. The van der Waals surface area contributed by atoms with Crippen LogP contribution in [0.1, 0.15) is 49.8 Å². The van der Waals surface area contributed by atoms with Crippen molar-refractivity contribution in [2.75, 3.05) is 27.2 Å². The second-order valence-electron chi connectivity index (χ2n) is 6.32. The number of likely N-dealkylation sites (tertiary alicyclic amines) is 1. The molecule has 0 spiro atoms. The molecule has 1 heterocycles. The Morgan fingerprint density at radius 2 is 2.19 bits per heavy atom. The van der Waals surface area contributed by atoms with E-state index in [-0.39, 0.29) is 0 Å². The van der Waals surface area contributed by atoms with Gasteiger partial charge in [0.1, 0.15) is 5.75 Å². The third kappa shape index (κ3) is 4.45. The minimum atomic E-state index is 0.318. The normalized spacial score (nSPS) is 21.2. The Bertz CT molecular complexity index is 447. The quantitative estimate of drug-likeness (QED) is 0.867. The first-order valence-corrected chi connectivity index (χ1v) is 8.22. The number of rotatable bonds is 6. The number of hydrogen-bond acceptors (Lipinski definition) is 3. The van der Waals surface area contributed by atoms with Crippen LogP contribution in [0, 0.1) is 6.92 Å². The molecule has 0 aromatic heterocycles. The summed E-state index contributed by atoms with van der Waals surface area (Å²) in [6.07, 6.45) is 5.14. The summed E-state index contributed by atoms with van der Waals surface area (Å²) in [7, 11) is 4.23. The van der Waals surface area contributed by atoms with Crippen molar-refractivity contribution in [1.82, 2.24) is 10.2 Å². The molecule has 21 heavy (non-hydrogen) atoms. The molecule has 1 aromatic rings. The van der Waals surface area contributed by atoms with Crippen LogP contribution in [-0.4, -0.2) is 38.2 Å². The fourth-order valence-corrected chi connectivity index (χ4v) is 3.09. The Hall–Kier alpha value is -1.06. The first-order chi connectivity index (χ1) is 10.1. The van der Waals surface area contributed by atoms with Gasteiger partial charge in [-0.15, -0.1) is 0 Å². The molecule has 0 amide bonds. The van der Waals surface area contributed by atoms with Crippen molar-refractivity contribution >= 4 is 0 Å². The molecule has 2 rings (SSSR count). The molecule has 1 aliphatic heterocycles. The van der Waals surface area contributed by atoms with Gasteiger partial charge in [0, 0.05) is 17.6 Å². The number of nitrogens with zero attached hydrogens (tertiary/aromatic N) is 1. The molecule has 1 saturated heterocycles. The smallest absolute Gasteiger partial charge is 0.124 e. The van der Waals surface area contributed by atoms with Crippen molar-refractivity contribution < 1.29 is 4.74 Å². The van der Waals surface area contributed by atoms with Crippen molar-refractivity contribution in [3.05, 3.63) is 29.3 Å². The van der Waals surface area contributed by atoms with Gasteiger partial charge in [0.05, 0.1) is 6.61 Å².